The van der Waals surface area contributed by atoms with E-state index in [1.54, 1.807) is 6.92 Å². The lowest BCUT2D eigenvalue weighted by Gasteiger charge is -2.04. The molecule has 0 bridgehead atoms. The lowest BCUT2D eigenvalue weighted by molar-refractivity contribution is -0.118. The highest BCUT2D eigenvalue weighted by atomic mass is 16.1. The van der Waals surface area contributed by atoms with Crippen LogP contribution in [-0.4, -0.2) is 12.1 Å². The van der Waals surface area contributed by atoms with Gasteiger partial charge in [0.25, 0.3) is 0 Å². The van der Waals surface area contributed by atoms with Crippen molar-refractivity contribution in [3.8, 4) is 0 Å². The number of hydrogen-bond acceptors (Lipinski definition) is 2. The summed E-state index contributed by atoms with van der Waals surface area (Å²) in [6.45, 7) is 3.57. The van der Waals surface area contributed by atoms with Gasteiger partial charge in [0.1, 0.15) is 12.1 Å². The molecule has 0 saturated carbocycles. The zero-order valence-electron chi connectivity index (χ0n) is 6.59. The molecule has 0 aliphatic carbocycles. The van der Waals surface area contributed by atoms with Gasteiger partial charge in [0, 0.05) is 12.8 Å². The number of rotatable bonds is 5. The normalized spacial score (nSPS) is 12.6. The van der Waals surface area contributed by atoms with Crippen LogP contribution in [0.3, 0.4) is 0 Å². The van der Waals surface area contributed by atoms with Crippen LogP contribution in [0.1, 0.15) is 33.1 Å². The van der Waals surface area contributed by atoms with Crippen LogP contribution in [0.15, 0.2) is 0 Å². The zero-order valence-corrected chi connectivity index (χ0v) is 6.59. The summed E-state index contributed by atoms with van der Waals surface area (Å²) in [7, 11) is 0. The Morgan fingerprint density at radius 1 is 1.60 bits per heavy atom. The SMILES string of the molecule is CC(=O)CC(C)CCC=O. The number of aldehydes is 1. The van der Waals surface area contributed by atoms with E-state index in [1.165, 1.54) is 0 Å². The van der Waals surface area contributed by atoms with Gasteiger partial charge < -0.3 is 9.59 Å². The van der Waals surface area contributed by atoms with Gasteiger partial charge in [-0.3, -0.25) is 0 Å². The summed E-state index contributed by atoms with van der Waals surface area (Å²) in [6.07, 6.45) is 2.92. The van der Waals surface area contributed by atoms with Crippen molar-refractivity contribution in [1.82, 2.24) is 0 Å². The van der Waals surface area contributed by atoms with Crippen LogP contribution in [0.2, 0.25) is 0 Å². The Hall–Kier alpha value is -0.660. The monoisotopic (exact) mass is 142 g/mol. The minimum Gasteiger partial charge on any atom is -0.303 e. The van der Waals surface area contributed by atoms with Gasteiger partial charge in [-0.1, -0.05) is 6.92 Å². The summed E-state index contributed by atoms with van der Waals surface area (Å²) in [6, 6.07) is 0. The minimum absolute atomic E-state index is 0.207. The molecule has 0 radical (unpaired) electrons. The fourth-order valence-corrected chi connectivity index (χ4v) is 0.945. The summed E-state index contributed by atoms with van der Waals surface area (Å²) < 4.78 is 0. The van der Waals surface area contributed by atoms with E-state index in [2.05, 4.69) is 0 Å². The molecule has 1 unspecified atom stereocenters. The van der Waals surface area contributed by atoms with Gasteiger partial charge in [0.15, 0.2) is 0 Å². The average molecular weight is 142 g/mol. The molecule has 58 valence electrons. The first-order valence-corrected chi connectivity index (χ1v) is 3.60. The average Bonchev–Trinajstić information content (AvgIpc) is 1.82. The molecule has 0 aromatic heterocycles. The highest BCUT2D eigenvalue weighted by Gasteiger charge is 2.03. The third-order valence-electron chi connectivity index (χ3n) is 1.41. The van der Waals surface area contributed by atoms with Crippen LogP contribution in [0, 0.1) is 5.92 Å². The maximum absolute atomic E-state index is 10.5. The smallest absolute Gasteiger partial charge is 0.130 e. The zero-order chi connectivity index (χ0) is 7.98. The number of Topliss-reactive ketones (excluding diaryl/α,β-unsaturated/α-hetero) is 1. The summed E-state index contributed by atoms with van der Waals surface area (Å²) in [5.41, 5.74) is 0. The van der Waals surface area contributed by atoms with E-state index >= 15 is 0 Å². The summed E-state index contributed by atoms with van der Waals surface area (Å²) in [4.78, 5) is 20.4. The summed E-state index contributed by atoms with van der Waals surface area (Å²) in [5.74, 6) is 0.570. The van der Waals surface area contributed by atoms with Crippen molar-refractivity contribution >= 4 is 12.1 Å². The largest absolute Gasteiger partial charge is 0.303 e. The first-order chi connectivity index (χ1) is 4.66. The Labute approximate surface area is 61.6 Å². The molecule has 0 rings (SSSR count). The first kappa shape index (κ1) is 9.34. The van der Waals surface area contributed by atoms with Crippen LogP contribution in [0.25, 0.3) is 0 Å². The van der Waals surface area contributed by atoms with E-state index in [0.29, 0.717) is 18.8 Å². The highest BCUT2D eigenvalue weighted by molar-refractivity contribution is 5.75. The number of carbonyl (C=O) groups is 2. The van der Waals surface area contributed by atoms with Crippen LogP contribution in [0.5, 0.6) is 0 Å². The molecule has 2 nitrogen and oxygen atoms in total. The van der Waals surface area contributed by atoms with E-state index in [9.17, 15) is 9.59 Å². The second-order valence-electron chi connectivity index (χ2n) is 2.76. The third-order valence-corrected chi connectivity index (χ3v) is 1.41. The molecule has 2 heteroatoms. The van der Waals surface area contributed by atoms with E-state index in [-0.39, 0.29) is 5.78 Å². The van der Waals surface area contributed by atoms with Gasteiger partial charge in [-0.2, -0.15) is 0 Å². The van der Waals surface area contributed by atoms with Crippen LogP contribution >= 0.6 is 0 Å². The molecule has 10 heavy (non-hydrogen) atoms. The van der Waals surface area contributed by atoms with E-state index in [1.807, 2.05) is 6.92 Å². The summed E-state index contributed by atoms with van der Waals surface area (Å²) in [5, 5.41) is 0. The van der Waals surface area contributed by atoms with E-state index in [4.69, 9.17) is 0 Å². The van der Waals surface area contributed by atoms with Gasteiger partial charge in [-0.05, 0) is 19.3 Å². The molecule has 0 fully saturated rings. The molecular formula is C8H14O2. The van der Waals surface area contributed by atoms with E-state index < -0.39 is 0 Å². The van der Waals surface area contributed by atoms with Gasteiger partial charge >= 0.3 is 0 Å². The molecule has 0 aromatic rings. The molecule has 1 atom stereocenters. The quantitative estimate of drug-likeness (QED) is 0.546. The van der Waals surface area contributed by atoms with Crippen molar-refractivity contribution in [2.75, 3.05) is 0 Å². The predicted molar refractivity (Wildman–Crippen MR) is 39.8 cm³/mol. The molecule has 0 N–H and O–H groups in total. The van der Waals surface area contributed by atoms with Crippen molar-refractivity contribution in [2.24, 2.45) is 5.92 Å². The fourth-order valence-electron chi connectivity index (χ4n) is 0.945. The third kappa shape index (κ3) is 5.48. The molecular weight excluding hydrogens is 128 g/mol. The van der Waals surface area contributed by atoms with E-state index in [0.717, 1.165) is 12.7 Å². The van der Waals surface area contributed by atoms with Gasteiger partial charge in [0.2, 0.25) is 0 Å². The molecule has 0 amide bonds. The molecule has 0 aliphatic heterocycles. The van der Waals surface area contributed by atoms with Crippen LogP contribution in [0.4, 0.5) is 0 Å². The summed E-state index contributed by atoms with van der Waals surface area (Å²) >= 11 is 0. The van der Waals surface area contributed by atoms with Crippen molar-refractivity contribution in [3.05, 3.63) is 0 Å². The lowest BCUT2D eigenvalue weighted by Crippen LogP contribution is -2.01. The van der Waals surface area contributed by atoms with Gasteiger partial charge in [0.05, 0.1) is 0 Å². The van der Waals surface area contributed by atoms with Gasteiger partial charge in [-0.25, -0.2) is 0 Å². The minimum atomic E-state index is 0.207. The Balaban J connectivity index is 3.33. The second kappa shape index (κ2) is 5.15. The standard InChI is InChI=1S/C8H14O2/c1-7(4-3-5-9)6-8(2)10/h5,7H,3-4,6H2,1-2H3. The molecule has 0 heterocycles. The Morgan fingerprint density at radius 3 is 2.60 bits per heavy atom. The van der Waals surface area contributed by atoms with Crippen molar-refractivity contribution in [3.63, 3.8) is 0 Å². The first-order valence-electron chi connectivity index (χ1n) is 3.60. The van der Waals surface area contributed by atoms with Gasteiger partial charge in [-0.15, -0.1) is 0 Å². The lowest BCUT2D eigenvalue weighted by atomic mass is 10.0. The Bertz CT molecular complexity index is 118. The maximum atomic E-state index is 10.5. The second-order valence-corrected chi connectivity index (χ2v) is 2.76. The molecule has 0 spiro atoms. The Kier molecular flexibility index (Phi) is 4.81. The van der Waals surface area contributed by atoms with Crippen LogP contribution in [-0.2, 0) is 9.59 Å². The number of hydrogen-bond donors (Lipinski definition) is 0. The number of carbonyl (C=O) groups excluding carboxylic acids is 2. The van der Waals surface area contributed by atoms with Crippen molar-refractivity contribution < 1.29 is 9.59 Å². The molecule has 0 aromatic carbocycles. The molecule has 0 saturated heterocycles. The number of ketones is 1. The predicted octanol–water partition coefficient (Wildman–Crippen LogP) is 1.58. The topological polar surface area (TPSA) is 34.1 Å². The fraction of sp³-hybridized carbons (Fsp3) is 0.750. The van der Waals surface area contributed by atoms with Crippen molar-refractivity contribution in [1.29, 1.82) is 0 Å². The molecule has 0 aliphatic rings. The Morgan fingerprint density at radius 2 is 2.20 bits per heavy atom. The van der Waals surface area contributed by atoms with Crippen molar-refractivity contribution in [2.45, 2.75) is 33.1 Å². The highest BCUT2D eigenvalue weighted by Crippen LogP contribution is 2.08. The van der Waals surface area contributed by atoms with Crippen LogP contribution < -0.4 is 0 Å². The maximum Gasteiger partial charge on any atom is 0.130 e.